The summed E-state index contributed by atoms with van der Waals surface area (Å²) in [5.41, 5.74) is 6.63. The molecule has 0 fully saturated rings. The van der Waals surface area contributed by atoms with Gasteiger partial charge in [0.1, 0.15) is 105 Å². The van der Waals surface area contributed by atoms with Crippen LogP contribution in [0.4, 0.5) is 17.1 Å². The molecule has 0 bridgehead atoms. The molecule has 0 aliphatic heterocycles. The number of furan rings is 1. The largest absolute Gasteiger partial charge is 0.455 e. The van der Waals surface area contributed by atoms with Crippen LogP contribution in [0.25, 0.3) is 77.2 Å². The Morgan fingerprint density at radius 2 is 0.682 bits per heavy atom. The van der Waals surface area contributed by atoms with E-state index in [2.05, 4.69) is 24.3 Å². The Kier molecular flexibility index (Phi) is 11.1. The SMILES string of the molecule is [B]c1c([B])c(N(c2c([B])c([B])c(-c3ccc(-c4cccc5ccccc45)cc3)c([B])c2[B])c2c([B])c([B])c(-c3cccc4c3oc3ccccc34)c([B])c2[B])c([B])c([B])c1-c1ccccc1. The van der Waals surface area contributed by atoms with Crippen molar-refractivity contribution in [2.45, 2.75) is 0 Å². The molecule has 0 spiro atoms. The second-order valence-corrected chi connectivity index (χ2v) is 16.2. The quantitative estimate of drug-likeness (QED) is 0.217. The molecule has 1 heterocycles. The number of nitrogens with zero attached hydrogens (tertiary/aromatic N) is 1. The molecule has 0 aliphatic carbocycles. The zero-order valence-electron chi connectivity index (χ0n) is 35.6. The van der Waals surface area contributed by atoms with Gasteiger partial charge < -0.3 is 9.32 Å². The first kappa shape index (κ1) is 43.5. The smallest absolute Gasteiger partial charge is 0.143 e. The van der Waals surface area contributed by atoms with Crippen molar-refractivity contribution in [3.8, 4) is 44.5 Å². The van der Waals surface area contributed by atoms with Crippen molar-refractivity contribution >= 4 is 209 Å². The summed E-state index contributed by atoms with van der Waals surface area (Å²) in [6.07, 6.45) is 0. The molecular weight excluding hydrogens is 784 g/mol. The van der Waals surface area contributed by atoms with Crippen molar-refractivity contribution in [3.63, 3.8) is 0 Å². The fourth-order valence-electron chi connectivity index (χ4n) is 9.26. The number of fused-ring (bicyclic) bond motifs is 4. The van der Waals surface area contributed by atoms with Gasteiger partial charge in [-0.25, -0.2) is 0 Å². The molecular formula is C52H23B12NO. The summed E-state index contributed by atoms with van der Waals surface area (Å²) in [7, 11) is 84.7. The van der Waals surface area contributed by atoms with Crippen LogP contribution in [-0.4, -0.2) is 94.2 Å². The van der Waals surface area contributed by atoms with Crippen molar-refractivity contribution < 1.29 is 4.42 Å². The van der Waals surface area contributed by atoms with E-state index < -0.39 is 0 Å². The second-order valence-electron chi connectivity index (χ2n) is 16.2. The molecule has 0 atom stereocenters. The van der Waals surface area contributed by atoms with Crippen LogP contribution in [0.5, 0.6) is 0 Å². The molecule has 278 valence electrons. The fourth-order valence-corrected chi connectivity index (χ4v) is 9.26. The van der Waals surface area contributed by atoms with E-state index in [1.165, 1.54) is 4.90 Å². The molecule has 0 N–H and O–H groups in total. The molecule has 0 saturated heterocycles. The summed E-state index contributed by atoms with van der Waals surface area (Å²) in [4.78, 5) is 1.44. The van der Waals surface area contributed by atoms with E-state index in [0.29, 0.717) is 44.5 Å². The lowest BCUT2D eigenvalue weighted by Crippen LogP contribution is -2.54. The van der Waals surface area contributed by atoms with E-state index in [1.807, 2.05) is 115 Å². The summed E-state index contributed by atoms with van der Waals surface area (Å²) < 4.78 is 6.38. The first-order chi connectivity index (χ1) is 31.8. The summed E-state index contributed by atoms with van der Waals surface area (Å²) in [6, 6.07) is 44.7. The van der Waals surface area contributed by atoms with Crippen LogP contribution < -0.4 is 70.5 Å². The van der Waals surface area contributed by atoms with Crippen LogP contribution >= 0.6 is 0 Å². The highest BCUT2D eigenvalue weighted by atomic mass is 16.3. The van der Waals surface area contributed by atoms with Crippen molar-refractivity contribution in [1.82, 2.24) is 0 Å². The zero-order chi connectivity index (χ0) is 46.3. The number of hydrogen-bond donors (Lipinski definition) is 0. The molecule has 0 unspecified atom stereocenters. The van der Waals surface area contributed by atoms with Gasteiger partial charge in [0.05, 0.1) is 0 Å². The van der Waals surface area contributed by atoms with Gasteiger partial charge in [-0.15, -0.1) is 0 Å². The molecule has 66 heavy (non-hydrogen) atoms. The van der Waals surface area contributed by atoms with Crippen molar-refractivity contribution in [2.24, 2.45) is 0 Å². The maximum absolute atomic E-state index is 7.16. The highest BCUT2D eigenvalue weighted by Gasteiger charge is 2.30. The van der Waals surface area contributed by atoms with Crippen LogP contribution in [-0.2, 0) is 0 Å². The first-order valence-electron chi connectivity index (χ1n) is 20.9. The topological polar surface area (TPSA) is 16.4 Å². The fraction of sp³-hybridized carbons (Fsp3) is 0. The first-order valence-corrected chi connectivity index (χ1v) is 20.9. The van der Waals surface area contributed by atoms with Gasteiger partial charge >= 0.3 is 0 Å². The van der Waals surface area contributed by atoms with Crippen LogP contribution in [0.15, 0.2) is 144 Å². The molecule has 10 rings (SSSR count). The van der Waals surface area contributed by atoms with Crippen LogP contribution in [0, 0.1) is 0 Å². The van der Waals surface area contributed by atoms with E-state index in [9.17, 15) is 0 Å². The minimum Gasteiger partial charge on any atom is -0.455 e. The lowest BCUT2D eigenvalue weighted by atomic mass is 9.61. The predicted molar refractivity (Wildman–Crippen MR) is 292 cm³/mol. The van der Waals surface area contributed by atoms with Crippen LogP contribution in [0.2, 0.25) is 0 Å². The summed E-state index contributed by atoms with van der Waals surface area (Å²) in [5.74, 6) is 0. The molecule has 0 aliphatic rings. The van der Waals surface area contributed by atoms with E-state index >= 15 is 0 Å². The number of anilines is 3. The summed E-state index contributed by atoms with van der Waals surface area (Å²) in [6.45, 7) is 0. The second kappa shape index (κ2) is 16.8. The van der Waals surface area contributed by atoms with Crippen molar-refractivity contribution in [1.29, 1.82) is 0 Å². The van der Waals surface area contributed by atoms with Crippen molar-refractivity contribution in [3.05, 3.63) is 140 Å². The van der Waals surface area contributed by atoms with Crippen molar-refractivity contribution in [2.75, 3.05) is 4.90 Å². The lowest BCUT2D eigenvalue weighted by molar-refractivity contribution is 0.670. The predicted octanol–water partition coefficient (Wildman–Crippen LogP) is 0.403. The van der Waals surface area contributed by atoms with Gasteiger partial charge in [0.15, 0.2) is 0 Å². The van der Waals surface area contributed by atoms with E-state index in [-0.39, 0.29) is 82.6 Å². The van der Waals surface area contributed by atoms with Gasteiger partial charge in [-0.2, -0.15) is 0 Å². The average Bonchev–Trinajstić information content (AvgIpc) is 3.72. The monoisotopic (exact) mass is 809 g/mol. The van der Waals surface area contributed by atoms with Gasteiger partial charge in [0.25, 0.3) is 0 Å². The lowest BCUT2D eigenvalue weighted by Gasteiger charge is -2.40. The minimum atomic E-state index is -0.0445. The number of hydrogen-bond acceptors (Lipinski definition) is 2. The molecule has 24 radical (unpaired) electrons. The molecule has 0 saturated carbocycles. The van der Waals surface area contributed by atoms with E-state index in [1.54, 1.807) is 0 Å². The Morgan fingerprint density at radius 3 is 1.24 bits per heavy atom. The Morgan fingerprint density at radius 1 is 0.288 bits per heavy atom. The molecule has 0 amide bonds. The summed E-state index contributed by atoms with van der Waals surface area (Å²) in [5, 5.41) is 3.97. The minimum absolute atomic E-state index is 0.0135. The third-order valence-electron chi connectivity index (χ3n) is 12.6. The van der Waals surface area contributed by atoms with Gasteiger partial charge in [-0.3, -0.25) is 0 Å². The standard InChI is InChI=1S/C52H23B12NO/c53-37-34(26-11-2-1-3-12-26)38(54)44(60)49(43(37)59)65(51-47(63)41(57)36(42(58)48(51)64)32-18-9-17-31-30-15-6-7-19-33(30)66-52(31)32)50-45(61)39(55)35(40(56)46(50)62)27-22-20-25(21-23-27)29-16-8-13-24-10-4-5-14-28(24)29/h1-23H. The van der Waals surface area contributed by atoms with E-state index in [4.69, 9.17) is 98.6 Å². The Labute approximate surface area is 400 Å². The number of benzene rings is 9. The molecule has 1 aromatic heterocycles. The molecule has 14 heteroatoms. The molecule has 9 aromatic carbocycles. The molecule has 10 aromatic rings. The Bertz CT molecular complexity index is 3530. The Balaban J connectivity index is 1.21. The van der Waals surface area contributed by atoms with Gasteiger partial charge in [0.2, 0.25) is 0 Å². The maximum Gasteiger partial charge on any atom is 0.143 e. The molecule has 2 nitrogen and oxygen atoms in total. The highest BCUT2D eigenvalue weighted by Crippen LogP contribution is 2.36. The van der Waals surface area contributed by atoms with Gasteiger partial charge in [-0.05, 0) is 55.8 Å². The third kappa shape index (κ3) is 6.73. The van der Waals surface area contributed by atoms with Crippen LogP contribution in [0.3, 0.4) is 0 Å². The maximum atomic E-state index is 7.16. The van der Waals surface area contributed by atoms with E-state index in [0.717, 1.165) is 32.7 Å². The van der Waals surface area contributed by atoms with Gasteiger partial charge in [-0.1, -0.05) is 199 Å². The highest BCUT2D eigenvalue weighted by molar-refractivity contribution is 6.68. The number of rotatable bonds is 7. The Hall–Kier alpha value is -6.38. The normalized spacial score (nSPS) is 11.5. The average molecular weight is 808 g/mol. The summed E-state index contributed by atoms with van der Waals surface area (Å²) >= 11 is 0. The van der Waals surface area contributed by atoms with Gasteiger partial charge in [0, 0.05) is 33.4 Å². The van der Waals surface area contributed by atoms with Crippen LogP contribution in [0.1, 0.15) is 0 Å². The zero-order valence-corrected chi connectivity index (χ0v) is 35.6. The number of para-hydroxylation sites is 2. The third-order valence-corrected chi connectivity index (χ3v) is 12.6.